The van der Waals surface area contributed by atoms with Crippen LogP contribution in [0.2, 0.25) is 0 Å². The molecule has 0 radical (unpaired) electrons. The second kappa shape index (κ2) is 2.17. The van der Waals surface area contributed by atoms with E-state index < -0.39 is 0 Å². The average Bonchev–Trinajstić information content (AvgIpc) is 2.61. The first-order chi connectivity index (χ1) is 6.27. The number of oxazole rings is 1. The predicted octanol–water partition coefficient (Wildman–Crippen LogP) is 2.53. The minimum absolute atomic E-state index is 0.403. The fourth-order valence-corrected chi connectivity index (χ4v) is 3.24. The summed E-state index contributed by atoms with van der Waals surface area (Å²) in [6, 6.07) is 0. The summed E-state index contributed by atoms with van der Waals surface area (Å²) in [6.07, 6.45) is 5.30. The van der Waals surface area contributed by atoms with Crippen LogP contribution in [0.5, 0.6) is 0 Å². The van der Waals surface area contributed by atoms with Crippen molar-refractivity contribution in [3.05, 3.63) is 17.8 Å². The van der Waals surface area contributed by atoms with Crippen LogP contribution in [-0.2, 0) is 11.8 Å². The molecular weight excluding hydrogens is 162 g/mol. The van der Waals surface area contributed by atoms with E-state index in [1.807, 2.05) is 0 Å². The van der Waals surface area contributed by atoms with Gasteiger partial charge in [-0.05, 0) is 24.7 Å². The van der Waals surface area contributed by atoms with Crippen molar-refractivity contribution in [2.75, 3.05) is 0 Å². The standard InChI is InChI=1S/C11H15NO/c1-7-8(2)11(7)5-3-4-9-10(11)12-6-13-9/h6-8H,3-5H2,1-2H3. The van der Waals surface area contributed by atoms with Gasteiger partial charge in [0.05, 0.1) is 5.69 Å². The lowest BCUT2D eigenvalue weighted by molar-refractivity contribution is 0.421. The van der Waals surface area contributed by atoms with Crippen LogP contribution in [0, 0.1) is 11.8 Å². The van der Waals surface area contributed by atoms with Crippen molar-refractivity contribution in [1.82, 2.24) is 4.98 Å². The van der Waals surface area contributed by atoms with E-state index in [1.54, 1.807) is 6.39 Å². The third-order valence-corrected chi connectivity index (χ3v) is 4.34. The fourth-order valence-electron chi connectivity index (χ4n) is 3.24. The minimum atomic E-state index is 0.403. The highest BCUT2D eigenvalue weighted by Gasteiger charge is 2.62. The van der Waals surface area contributed by atoms with E-state index in [0.717, 1.165) is 24.0 Å². The molecule has 1 aromatic heterocycles. The van der Waals surface area contributed by atoms with Crippen LogP contribution in [0.1, 0.15) is 38.1 Å². The molecule has 3 rings (SSSR count). The SMILES string of the molecule is CC1C(C)C12CCCc1ocnc12. The third-order valence-electron chi connectivity index (χ3n) is 4.34. The second-order valence-electron chi connectivity index (χ2n) is 4.60. The Morgan fingerprint density at radius 2 is 2.23 bits per heavy atom. The maximum absolute atomic E-state index is 5.42. The number of aryl methyl sites for hydroxylation is 1. The first-order valence-corrected chi connectivity index (χ1v) is 5.19. The highest BCUT2D eigenvalue weighted by Crippen LogP contribution is 2.64. The zero-order chi connectivity index (χ0) is 9.05. The molecule has 2 unspecified atom stereocenters. The lowest BCUT2D eigenvalue weighted by atomic mass is 9.84. The van der Waals surface area contributed by atoms with Gasteiger partial charge < -0.3 is 4.42 Å². The van der Waals surface area contributed by atoms with E-state index in [2.05, 4.69) is 18.8 Å². The monoisotopic (exact) mass is 177 g/mol. The van der Waals surface area contributed by atoms with Crippen LogP contribution in [-0.4, -0.2) is 4.98 Å². The summed E-state index contributed by atoms with van der Waals surface area (Å²) in [5.41, 5.74) is 1.68. The summed E-state index contributed by atoms with van der Waals surface area (Å²) in [5, 5.41) is 0. The van der Waals surface area contributed by atoms with E-state index >= 15 is 0 Å². The molecule has 2 heteroatoms. The van der Waals surface area contributed by atoms with E-state index in [4.69, 9.17) is 4.42 Å². The molecule has 70 valence electrons. The van der Waals surface area contributed by atoms with E-state index in [1.165, 1.54) is 18.5 Å². The Hall–Kier alpha value is -0.790. The lowest BCUT2D eigenvalue weighted by Gasteiger charge is -2.20. The molecule has 0 saturated heterocycles. The Labute approximate surface area is 78.4 Å². The van der Waals surface area contributed by atoms with E-state index in [-0.39, 0.29) is 0 Å². The van der Waals surface area contributed by atoms with Gasteiger partial charge in [0.2, 0.25) is 0 Å². The first-order valence-electron chi connectivity index (χ1n) is 5.19. The maximum atomic E-state index is 5.42. The summed E-state index contributed by atoms with van der Waals surface area (Å²) in [6.45, 7) is 4.68. The summed E-state index contributed by atoms with van der Waals surface area (Å²) in [4.78, 5) is 4.41. The molecule has 2 nitrogen and oxygen atoms in total. The highest BCUT2D eigenvalue weighted by atomic mass is 16.3. The molecule has 1 fully saturated rings. The van der Waals surface area contributed by atoms with Gasteiger partial charge in [0.25, 0.3) is 0 Å². The van der Waals surface area contributed by atoms with Gasteiger partial charge in [-0.2, -0.15) is 0 Å². The second-order valence-corrected chi connectivity index (χ2v) is 4.60. The van der Waals surface area contributed by atoms with Crippen LogP contribution in [0.25, 0.3) is 0 Å². The summed E-state index contributed by atoms with van der Waals surface area (Å²) < 4.78 is 5.42. The molecule has 0 aromatic carbocycles. The Morgan fingerprint density at radius 1 is 1.46 bits per heavy atom. The number of aromatic nitrogens is 1. The van der Waals surface area contributed by atoms with Crippen molar-refractivity contribution in [1.29, 1.82) is 0 Å². The van der Waals surface area contributed by atoms with Gasteiger partial charge in [0.15, 0.2) is 6.39 Å². The van der Waals surface area contributed by atoms with Crippen LogP contribution >= 0.6 is 0 Å². The van der Waals surface area contributed by atoms with Crippen molar-refractivity contribution in [3.63, 3.8) is 0 Å². The Balaban J connectivity index is 2.11. The van der Waals surface area contributed by atoms with Crippen molar-refractivity contribution in [3.8, 4) is 0 Å². The number of nitrogens with zero attached hydrogens (tertiary/aromatic N) is 1. The number of hydrogen-bond donors (Lipinski definition) is 0. The lowest BCUT2D eigenvalue weighted by Crippen LogP contribution is -2.18. The number of fused-ring (bicyclic) bond motifs is 2. The van der Waals surface area contributed by atoms with Gasteiger partial charge in [-0.15, -0.1) is 0 Å². The Morgan fingerprint density at radius 3 is 2.92 bits per heavy atom. The van der Waals surface area contributed by atoms with E-state index in [0.29, 0.717) is 5.41 Å². The average molecular weight is 177 g/mol. The van der Waals surface area contributed by atoms with Crippen molar-refractivity contribution < 1.29 is 4.42 Å². The van der Waals surface area contributed by atoms with Gasteiger partial charge in [-0.3, -0.25) is 0 Å². The first kappa shape index (κ1) is 7.60. The number of rotatable bonds is 0. The van der Waals surface area contributed by atoms with Crippen molar-refractivity contribution >= 4 is 0 Å². The number of hydrogen-bond acceptors (Lipinski definition) is 2. The molecule has 0 amide bonds. The van der Waals surface area contributed by atoms with Crippen LogP contribution in [0.3, 0.4) is 0 Å². The molecule has 0 aliphatic heterocycles. The predicted molar refractivity (Wildman–Crippen MR) is 49.4 cm³/mol. The van der Waals surface area contributed by atoms with Gasteiger partial charge >= 0.3 is 0 Å². The van der Waals surface area contributed by atoms with Gasteiger partial charge in [-0.25, -0.2) is 4.98 Å². The van der Waals surface area contributed by atoms with Crippen LogP contribution < -0.4 is 0 Å². The summed E-state index contributed by atoms with van der Waals surface area (Å²) in [7, 11) is 0. The zero-order valence-electron chi connectivity index (χ0n) is 8.21. The molecule has 1 heterocycles. The maximum Gasteiger partial charge on any atom is 0.181 e. The van der Waals surface area contributed by atoms with Crippen LogP contribution in [0.15, 0.2) is 10.8 Å². The molecule has 0 bridgehead atoms. The topological polar surface area (TPSA) is 26.0 Å². The molecule has 2 atom stereocenters. The molecular formula is C11H15NO. The molecule has 2 aliphatic carbocycles. The Kier molecular flexibility index (Phi) is 1.27. The van der Waals surface area contributed by atoms with Crippen LogP contribution in [0.4, 0.5) is 0 Å². The molecule has 2 aliphatic rings. The molecule has 1 saturated carbocycles. The quantitative estimate of drug-likeness (QED) is 0.608. The highest BCUT2D eigenvalue weighted by molar-refractivity contribution is 5.34. The van der Waals surface area contributed by atoms with Gasteiger partial charge in [0.1, 0.15) is 5.76 Å². The smallest absolute Gasteiger partial charge is 0.181 e. The van der Waals surface area contributed by atoms with Gasteiger partial charge in [0, 0.05) is 11.8 Å². The normalized spacial score (nSPS) is 42.0. The molecule has 1 spiro atoms. The largest absolute Gasteiger partial charge is 0.448 e. The third kappa shape index (κ3) is 0.725. The molecule has 1 aromatic rings. The molecule has 0 N–H and O–H groups in total. The summed E-state index contributed by atoms with van der Waals surface area (Å²) >= 11 is 0. The van der Waals surface area contributed by atoms with Crippen molar-refractivity contribution in [2.24, 2.45) is 11.8 Å². The zero-order valence-corrected chi connectivity index (χ0v) is 8.21. The van der Waals surface area contributed by atoms with E-state index in [9.17, 15) is 0 Å². The minimum Gasteiger partial charge on any atom is -0.448 e. The van der Waals surface area contributed by atoms with Gasteiger partial charge in [-0.1, -0.05) is 13.8 Å². The Bertz CT molecular complexity index is 334. The fraction of sp³-hybridized carbons (Fsp3) is 0.727. The molecule has 13 heavy (non-hydrogen) atoms. The van der Waals surface area contributed by atoms with Crippen molar-refractivity contribution in [2.45, 2.75) is 38.5 Å². The summed E-state index contributed by atoms with van der Waals surface area (Å²) in [5.74, 6) is 2.76.